The predicted octanol–water partition coefficient (Wildman–Crippen LogP) is 3.16. The number of nitrogens with two attached hydrogens (primary N) is 1. The molecule has 1 unspecified atom stereocenters. The Morgan fingerprint density at radius 1 is 1.14 bits per heavy atom. The van der Waals surface area contributed by atoms with Crippen LogP contribution in [0.25, 0.3) is 0 Å². The summed E-state index contributed by atoms with van der Waals surface area (Å²) in [7, 11) is 3.12. The second kappa shape index (κ2) is 6.89. The van der Waals surface area contributed by atoms with E-state index in [0.717, 1.165) is 0 Å². The molecule has 0 amide bonds. The van der Waals surface area contributed by atoms with E-state index < -0.39 is 6.04 Å². The zero-order valence-corrected chi connectivity index (χ0v) is 13.3. The number of halogens is 2. The van der Waals surface area contributed by atoms with Crippen molar-refractivity contribution >= 4 is 15.9 Å². The van der Waals surface area contributed by atoms with Crippen molar-refractivity contribution in [2.24, 2.45) is 5.84 Å². The predicted molar refractivity (Wildman–Crippen MR) is 82.8 cm³/mol. The van der Waals surface area contributed by atoms with E-state index in [2.05, 4.69) is 21.4 Å². The Morgan fingerprint density at radius 3 is 2.52 bits per heavy atom. The van der Waals surface area contributed by atoms with Gasteiger partial charge in [0.15, 0.2) is 0 Å². The van der Waals surface area contributed by atoms with Crippen molar-refractivity contribution in [2.45, 2.75) is 6.04 Å². The SMILES string of the molecule is COc1ccc(OC)c(C(NN)c2cccc(Br)c2F)c1. The van der Waals surface area contributed by atoms with Gasteiger partial charge in [0.2, 0.25) is 0 Å². The number of methoxy groups -OCH3 is 2. The first-order chi connectivity index (χ1) is 10.1. The van der Waals surface area contributed by atoms with Gasteiger partial charge in [-0.15, -0.1) is 0 Å². The molecule has 0 saturated heterocycles. The van der Waals surface area contributed by atoms with E-state index in [4.69, 9.17) is 15.3 Å². The first kappa shape index (κ1) is 15.8. The van der Waals surface area contributed by atoms with Crippen LogP contribution in [0.4, 0.5) is 4.39 Å². The molecule has 0 spiro atoms. The van der Waals surface area contributed by atoms with E-state index >= 15 is 0 Å². The summed E-state index contributed by atoms with van der Waals surface area (Å²) >= 11 is 3.18. The highest BCUT2D eigenvalue weighted by molar-refractivity contribution is 9.10. The third-order valence-electron chi connectivity index (χ3n) is 3.21. The number of hydrogen-bond acceptors (Lipinski definition) is 4. The lowest BCUT2D eigenvalue weighted by Crippen LogP contribution is -2.30. The van der Waals surface area contributed by atoms with E-state index in [1.165, 1.54) is 0 Å². The summed E-state index contributed by atoms with van der Waals surface area (Å²) in [6.07, 6.45) is 0. The number of ether oxygens (including phenoxy) is 2. The Hall–Kier alpha value is -1.63. The van der Waals surface area contributed by atoms with Crippen molar-refractivity contribution < 1.29 is 13.9 Å². The molecule has 0 radical (unpaired) electrons. The van der Waals surface area contributed by atoms with Crippen LogP contribution in [0.3, 0.4) is 0 Å². The number of nitrogens with one attached hydrogen (secondary N) is 1. The lowest BCUT2D eigenvalue weighted by Gasteiger charge is -2.21. The first-order valence-electron chi connectivity index (χ1n) is 6.24. The van der Waals surface area contributed by atoms with Gasteiger partial charge in [0.05, 0.1) is 24.7 Å². The summed E-state index contributed by atoms with van der Waals surface area (Å²) in [6, 6.07) is 9.79. The maximum Gasteiger partial charge on any atom is 0.142 e. The molecule has 1 atom stereocenters. The van der Waals surface area contributed by atoms with Gasteiger partial charge < -0.3 is 9.47 Å². The number of rotatable bonds is 5. The van der Waals surface area contributed by atoms with E-state index in [9.17, 15) is 4.39 Å². The molecular weight excluding hydrogens is 339 g/mol. The molecule has 0 aliphatic carbocycles. The fourth-order valence-corrected chi connectivity index (χ4v) is 2.54. The van der Waals surface area contributed by atoms with Gasteiger partial charge in [-0.25, -0.2) is 9.82 Å². The fourth-order valence-electron chi connectivity index (χ4n) is 2.16. The molecule has 2 aromatic carbocycles. The molecule has 3 N–H and O–H groups in total. The van der Waals surface area contributed by atoms with Gasteiger partial charge in [-0.2, -0.15) is 0 Å². The van der Waals surface area contributed by atoms with Gasteiger partial charge in [0, 0.05) is 11.1 Å². The van der Waals surface area contributed by atoms with Gasteiger partial charge in [0.1, 0.15) is 17.3 Å². The molecule has 6 heteroatoms. The summed E-state index contributed by atoms with van der Waals surface area (Å²) in [5.74, 6) is 6.51. The minimum absolute atomic E-state index is 0.370. The first-order valence-corrected chi connectivity index (χ1v) is 7.03. The monoisotopic (exact) mass is 354 g/mol. The maximum absolute atomic E-state index is 14.3. The van der Waals surface area contributed by atoms with Crippen molar-refractivity contribution in [1.29, 1.82) is 0 Å². The second-order valence-corrected chi connectivity index (χ2v) is 5.20. The zero-order chi connectivity index (χ0) is 15.4. The molecular formula is C15H16BrFN2O2. The Balaban J connectivity index is 2.57. The third kappa shape index (κ3) is 3.18. The Bertz CT molecular complexity index is 637. The van der Waals surface area contributed by atoms with Crippen LogP contribution in [0.1, 0.15) is 17.2 Å². The third-order valence-corrected chi connectivity index (χ3v) is 3.82. The van der Waals surface area contributed by atoms with Crippen LogP contribution in [0, 0.1) is 5.82 Å². The molecule has 21 heavy (non-hydrogen) atoms. The van der Waals surface area contributed by atoms with Crippen molar-refractivity contribution in [3.63, 3.8) is 0 Å². The number of benzene rings is 2. The summed E-state index contributed by atoms with van der Waals surface area (Å²) in [6.45, 7) is 0. The van der Waals surface area contributed by atoms with Crippen LogP contribution in [-0.2, 0) is 0 Å². The van der Waals surface area contributed by atoms with Gasteiger partial charge in [0.25, 0.3) is 0 Å². The normalized spacial score (nSPS) is 12.0. The zero-order valence-electron chi connectivity index (χ0n) is 11.7. The summed E-state index contributed by atoms with van der Waals surface area (Å²) in [4.78, 5) is 0. The molecule has 0 fully saturated rings. The van der Waals surface area contributed by atoms with Gasteiger partial charge in [-0.1, -0.05) is 12.1 Å². The van der Waals surface area contributed by atoms with Crippen LogP contribution in [0.5, 0.6) is 11.5 Å². The van der Waals surface area contributed by atoms with Crippen molar-refractivity contribution in [1.82, 2.24) is 5.43 Å². The quantitative estimate of drug-likeness (QED) is 0.639. The standard InChI is InChI=1S/C15H16BrFN2O2/c1-20-9-6-7-13(21-2)11(8-9)15(19-18)10-4-3-5-12(16)14(10)17/h3-8,15,19H,18H2,1-2H3. The average Bonchev–Trinajstić information content (AvgIpc) is 2.52. The van der Waals surface area contributed by atoms with Gasteiger partial charge in [-0.3, -0.25) is 5.84 Å². The van der Waals surface area contributed by atoms with Crippen molar-refractivity contribution in [2.75, 3.05) is 14.2 Å². The Labute approximate surface area is 131 Å². The van der Waals surface area contributed by atoms with Crippen LogP contribution in [0.2, 0.25) is 0 Å². The molecule has 0 aromatic heterocycles. The number of hydrogen-bond donors (Lipinski definition) is 2. The van der Waals surface area contributed by atoms with Crippen molar-refractivity contribution in [3.8, 4) is 11.5 Å². The topological polar surface area (TPSA) is 56.5 Å². The van der Waals surface area contributed by atoms with E-state index in [1.54, 1.807) is 50.6 Å². The molecule has 0 aliphatic rings. The molecule has 112 valence electrons. The van der Waals surface area contributed by atoms with Crippen LogP contribution in [-0.4, -0.2) is 14.2 Å². The number of hydrazine groups is 1. The molecule has 2 rings (SSSR count). The molecule has 2 aromatic rings. The molecule has 0 aliphatic heterocycles. The highest BCUT2D eigenvalue weighted by Gasteiger charge is 2.22. The second-order valence-electron chi connectivity index (χ2n) is 4.35. The minimum atomic E-state index is -0.562. The van der Waals surface area contributed by atoms with E-state index in [-0.39, 0.29) is 5.82 Å². The lowest BCUT2D eigenvalue weighted by molar-refractivity contribution is 0.393. The minimum Gasteiger partial charge on any atom is -0.497 e. The molecule has 0 saturated carbocycles. The average molecular weight is 355 g/mol. The summed E-state index contributed by atoms with van der Waals surface area (Å²) in [5, 5.41) is 0. The largest absolute Gasteiger partial charge is 0.497 e. The van der Waals surface area contributed by atoms with E-state index in [0.29, 0.717) is 27.1 Å². The lowest BCUT2D eigenvalue weighted by atomic mass is 9.97. The summed E-state index contributed by atoms with van der Waals surface area (Å²) in [5.41, 5.74) is 3.74. The van der Waals surface area contributed by atoms with E-state index in [1.807, 2.05) is 0 Å². The maximum atomic E-state index is 14.3. The Kier molecular flexibility index (Phi) is 5.17. The van der Waals surface area contributed by atoms with Crippen LogP contribution in [0.15, 0.2) is 40.9 Å². The van der Waals surface area contributed by atoms with Crippen LogP contribution >= 0.6 is 15.9 Å². The summed E-state index contributed by atoms with van der Waals surface area (Å²) < 4.78 is 25.3. The highest BCUT2D eigenvalue weighted by Crippen LogP contribution is 2.35. The fraction of sp³-hybridized carbons (Fsp3) is 0.200. The smallest absolute Gasteiger partial charge is 0.142 e. The molecule has 0 heterocycles. The highest BCUT2D eigenvalue weighted by atomic mass is 79.9. The van der Waals surface area contributed by atoms with Crippen LogP contribution < -0.4 is 20.7 Å². The van der Waals surface area contributed by atoms with Crippen molar-refractivity contribution in [3.05, 3.63) is 57.8 Å². The molecule has 0 bridgehead atoms. The Morgan fingerprint density at radius 2 is 1.90 bits per heavy atom. The van der Waals surface area contributed by atoms with Gasteiger partial charge >= 0.3 is 0 Å². The molecule has 4 nitrogen and oxygen atoms in total. The van der Waals surface area contributed by atoms with Gasteiger partial charge in [-0.05, 0) is 40.2 Å².